The lowest BCUT2D eigenvalue weighted by Gasteiger charge is -2.37. The molecular formula is C25H33B2N5O. The molecule has 0 spiro atoms. The van der Waals surface area contributed by atoms with Crippen LogP contribution in [0.3, 0.4) is 0 Å². The minimum Gasteiger partial charge on any atom is -0.508 e. The topological polar surface area (TPSA) is 73.3 Å². The molecule has 0 bridgehead atoms. The Bertz CT molecular complexity index is 1080. The van der Waals surface area contributed by atoms with Gasteiger partial charge in [0, 0.05) is 50.0 Å². The van der Waals surface area contributed by atoms with Crippen LogP contribution < -0.4 is 10.6 Å². The molecule has 1 aliphatic heterocycles. The van der Waals surface area contributed by atoms with Crippen LogP contribution in [0, 0.1) is 0 Å². The predicted octanol–water partition coefficient (Wildman–Crippen LogP) is 1.56. The van der Waals surface area contributed by atoms with E-state index in [0.29, 0.717) is 24.6 Å². The lowest BCUT2D eigenvalue weighted by atomic mass is 9.51. The standard InChI is InChI=1S/C25H33B2N5O/c1-17-14-32(18(2)13-29-17)15-19-4-3-5-20(12-19)23-10-11-28-24(31-23)30-16-25(26,27)21-6-8-22(33)9-7-21/h3-12,17-18,29,33H,13-16,26-27H2,1-2H3,(H,28,30,31)/t17-,18-/m0/s1. The van der Waals surface area contributed by atoms with Crippen molar-refractivity contribution in [1.29, 1.82) is 0 Å². The van der Waals surface area contributed by atoms with Gasteiger partial charge >= 0.3 is 0 Å². The molecule has 2 atom stereocenters. The molecule has 170 valence electrons. The average molecular weight is 441 g/mol. The number of aromatic hydroxyl groups is 1. The molecule has 8 heteroatoms. The third-order valence-electron chi connectivity index (χ3n) is 6.49. The molecule has 4 rings (SSSR count). The van der Waals surface area contributed by atoms with Crippen molar-refractivity contribution in [3.63, 3.8) is 0 Å². The zero-order valence-electron chi connectivity index (χ0n) is 20.0. The summed E-state index contributed by atoms with van der Waals surface area (Å²) in [4.78, 5) is 11.8. The first-order valence-electron chi connectivity index (χ1n) is 11.7. The molecule has 0 amide bonds. The number of benzene rings is 2. The fraction of sp³-hybridized carbons (Fsp3) is 0.360. The molecular weight excluding hydrogens is 408 g/mol. The summed E-state index contributed by atoms with van der Waals surface area (Å²) in [5, 5.41) is 16.4. The maximum atomic E-state index is 9.56. The van der Waals surface area contributed by atoms with Gasteiger partial charge in [-0.15, -0.1) is 0 Å². The molecule has 1 fully saturated rings. The van der Waals surface area contributed by atoms with Crippen LogP contribution in [0.1, 0.15) is 25.0 Å². The van der Waals surface area contributed by atoms with Gasteiger partial charge < -0.3 is 15.7 Å². The Kier molecular flexibility index (Phi) is 7.05. The van der Waals surface area contributed by atoms with E-state index >= 15 is 0 Å². The van der Waals surface area contributed by atoms with Gasteiger partial charge in [-0.05, 0) is 48.9 Å². The molecule has 0 radical (unpaired) electrons. The summed E-state index contributed by atoms with van der Waals surface area (Å²) in [5.41, 5.74) is 4.47. The van der Waals surface area contributed by atoms with E-state index in [1.165, 1.54) is 5.56 Å². The molecule has 6 nitrogen and oxygen atoms in total. The molecule has 0 saturated carbocycles. The van der Waals surface area contributed by atoms with Crippen molar-refractivity contribution in [2.75, 3.05) is 25.0 Å². The first-order valence-corrected chi connectivity index (χ1v) is 11.7. The first kappa shape index (κ1) is 23.3. The zero-order valence-corrected chi connectivity index (χ0v) is 20.0. The van der Waals surface area contributed by atoms with Crippen LogP contribution >= 0.6 is 0 Å². The average Bonchev–Trinajstić information content (AvgIpc) is 2.81. The lowest BCUT2D eigenvalue weighted by molar-refractivity contribution is 0.139. The maximum absolute atomic E-state index is 9.56. The second-order valence-corrected chi connectivity index (χ2v) is 9.84. The third kappa shape index (κ3) is 5.95. The molecule has 1 aliphatic rings. The second kappa shape index (κ2) is 9.98. The minimum absolute atomic E-state index is 0.135. The molecule has 1 saturated heterocycles. The Balaban J connectivity index is 1.45. The number of piperazine rings is 1. The van der Waals surface area contributed by atoms with E-state index in [1.807, 2.05) is 24.4 Å². The van der Waals surface area contributed by atoms with E-state index in [0.717, 1.165) is 36.5 Å². The third-order valence-corrected chi connectivity index (χ3v) is 6.49. The number of hydrogen-bond acceptors (Lipinski definition) is 6. The van der Waals surface area contributed by atoms with E-state index < -0.39 is 0 Å². The fourth-order valence-electron chi connectivity index (χ4n) is 4.30. The molecule has 3 aromatic rings. The van der Waals surface area contributed by atoms with Gasteiger partial charge in [0.2, 0.25) is 5.95 Å². The smallest absolute Gasteiger partial charge is 0.223 e. The first-order chi connectivity index (χ1) is 15.8. The van der Waals surface area contributed by atoms with Crippen LogP contribution in [0.4, 0.5) is 5.95 Å². The summed E-state index contributed by atoms with van der Waals surface area (Å²) in [6, 6.07) is 19.0. The molecule has 0 aliphatic carbocycles. The van der Waals surface area contributed by atoms with Gasteiger partial charge in [0.05, 0.1) is 5.69 Å². The number of rotatable bonds is 7. The van der Waals surface area contributed by atoms with Crippen molar-refractivity contribution in [3.8, 4) is 17.0 Å². The molecule has 3 N–H and O–H groups in total. The van der Waals surface area contributed by atoms with Gasteiger partial charge in [0.15, 0.2) is 0 Å². The summed E-state index contributed by atoms with van der Waals surface area (Å²) in [7, 11) is 4.33. The summed E-state index contributed by atoms with van der Waals surface area (Å²) in [6.45, 7) is 8.24. The van der Waals surface area contributed by atoms with Crippen LogP contribution in [-0.2, 0) is 11.8 Å². The molecule has 0 unspecified atom stereocenters. The number of nitrogens with zero attached hydrogens (tertiary/aromatic N) is 3. The van der Waals surface area contributed by atoms with E-state index in [-0.39, 0.29) is 11.0 Å². The SMILES string of the molecule is BC(B)(CNc1nccc(-c2cccc(CN3C[C@H](C)NC[C@@H]3C)c2)n1)c1ccc(O)cc1. The zero-order chi connectivity index (χ0) is 23.4. The minimum atomic E-state index is -0.135. The van der Waals surface area contributed by atoms with Gasteiger partial charge in [-0.1, -0.05) is 35.9 Å². The van der Waals surface area contributed by atoms with E-state index in [9.17, 15) is 5.11 Å². The summed E-state index contributed by atoms with van der Waals surface area (Å²) < 4.78 is 0. The molecule has 2 heterocycles. The van der Waals surface area contributed by atoms with Gasteiger partial charge in [0.25, 0.3) is 0 Å². The summed E-state index contributed by atoms with van der Waals surface area (Å²) in [5.74, 6) is 0.899. The quantitative estimate of drug-likeness (QED) is 0.484. The van der Waals surface area contributed by atoms with Gasteiger partial charge in [-0.3, -0.25) is 4.90 Å². The van der Waals surface area contributed by atoms with Crippen LogP contribution in [0.15, 0.2) is 60.8 Å². The van der Waals surface area contributed by atoms with E-state index in [2.05, 4.69) is 74.3 Å². The Morgan fingerprint density at radius 3 is 2.73 bits per heavy atom. The highest BCUT2D eigenvalue weighted by Crippen LogP contribution is 2.23. The van der Waals surface area contributed by atoms with E-state index in [4.69, 9.17) is 4.98 Å². The van der Waals surface area contributed by atoms with Crippen molar-refractivity contribution < 1.29 is 5.11 Å². The van der Waals surface area contributed by atoms with Gasteiger partial charge in [-0.25, -0.2) is 9.97 Å². The number of anilines is 1. The predicted molar refractivity (Wildman–Crippen MR) is 140 cm³/mol. The largest absolute Gasteiger partial charge is 0.508 e. The lowest BCUT2D eigenvalue weighted by Crippen LogP contribution is -2.53. The van der Waals surface area contributed by atoms with Crippen LogP contribution in [-0.4, -0.2) is 67.4 Å². The summed E-state index contributed by atoms with van der Waals surface area (Å²) >= 11 is 0. The number of nitrogens with one attached hydrogen (secondary N) is 2. The van der Waals surface area contributed by atoms with Crippen molar-refractivity contribution >= 4 is 21.6 Å². The summed E-state index contributed by atoms with van der Waals surface area (Å²) in [6.07, 6.45) is 1.81. The van der Waals surface area contributed by atoms with Crippen molar-refractivity contribution in [2.45, 2.75) is 37.7 Å². The number of phenolic OH excluding ortho intramolecular Hbond substituents is 1. The Morgan fingerprint density at radius 1 is 1.15 bits per heavy atom. The van der Waals surface area contributed by atoms with Gasteiger partial charge in [-0.2, -0.15) is 0 Å². The number of phenols is 1. The maximum Gasteiger partial charge on any atom is 0.223 e. The van der Waals surface area contributed by atoms with Gasteiger partial charge in [0.1, 0.15) is 21.4 Å². The Labute approximate surface area is 198 Å². The molecule has 2 aromatic carbocycles. The van der Waals surface area contributed by atoms with E-state index in [1.54, 1.807) is 12.1 Å². The highest BCUT2D eigenvalue weighted by Gasteiger charge is 2.23. The van der Waals surface area contributed by atoms with Crippen molar-refractivity contribution in [1.82, 2.24) is 20.2 Å². The normalized spacial score (nSPS) is 19.3. The molecule has 33 heavy (non-hydrogen) atoms. The monoisotopic (exact) mass is 441 g/mol. The van der Waals surface area contributed by atoms with Crippen LogP contribution in [0.2, 0.25) is 0 Å². The van der Waals surface area contributed by atoms with Crippen LogP contribution in [0.25, 0.3) is 11.3 Å². The Hall–Kier alpha value is -2.83. The number of hydrogen-bond donors (Lipinski definition) is 3. The number of aromatic nitrogens is 2. The highest BCUT2D eigenvalue weighted by molar-refractivity contribution is 6.40. The Morgan fingerprint density at radius 2 is 1.94 bits per heavy atom. The highest BCUT2D eigenvalue weighted by atomic mass is 16.3. The fourth-order valence-corrected chi connectivity index (χ4v) is 4.30. The van der Waals surface area contributed by atoms with Crippen LogP contribution in [0.5, 0.6) is 5.75 Å². The molecule has 1 aromatic heterocycles. The van der Waals surface area contributed by atoms with Crippen molar-refractivity contribution in [2.24, 2.45) is 0 Å². The second-order valence-electron chi connectivity index (χ2n) is 9.84. The van der Waals surface area contributed by atoms with Crippen molar-refractivity contribution in [3.05, 3.63) is 71.9 Å².